The first-order chi connectivity index (χ1) is 15.9. The largest absolute Gasteiger partial charge is 0.497 e. The summed E-state index contributed by atoms with van der Waals surface area (Å²) in [6.45, 7) is 5.07. The topological polar surface area (TPSA) is 57.2 Å². The van der Waals surface area contributed by atoms with Gasteiger partial charge >= 0.3 is 6.03 Å². The maximum atomic E-state index is 13.5. The minimum Gasteiger partial charge on any atom is -0.497 e. The molecule has 2 aliphatic rings. The number of hydrogen-bond donors (Lipinski definition) is 1. The Morgan fingerprint density at radius 3 is 2.76 bits per heavy atom. The fraction of sp³-hybridized carbons (Fsp3) is 0.407. The molecule has 2 bridgehead atoms. The smallest absolute Gasteiger partial charge is 0.321 e. The summed E-state index contributed by atoms with van der Waals surface area (Å²) in [4.78, 5) is 21.8. The van der Waals surface area contributed by atoms with Crippen LogP contribution in [0, 0.1) is 0 Å². The molecule has 2 aromatic rings. The van der Waals surface area contributed by atoms with Crippen molar-refractivity contribution < 1.29 is 9.53 Å². The minimum atomic E-state index is -0.200. The molecule has 4 rings (SSSR count). The monoisotopic (exact) mass is 446 g/mol. The van der Waals surface area contributed by atoms with Gasteiger partial charge in [0.05, 0.1) is 13.2 Å². The van der Waals surface area contributed by atoms with Gasteiger partial charge in [-0.3, -0.25) is 4.99 Å². The van der Waals surface area contributed by atoms with E-state index in [9.17, 15) is 4.79 Å². The molecule has 6 heteroatoms. The van der Waals surface area contributed by atoms with Crippen LogP contribution < -0.4 is 10.1 Å². The maximum absolute atomic E-state index is 13.5. The lowest BCUT2D eigenvalue weighted by Gasteiger charge is -2.58. The average molecular weight is 447 g/mol. The highest BCUT2D eigenvalue weighted by molar-refractivity contribution is 5.90. The lowest BCUT2D eigenvalue weighted by atomic mass is 9.58. The molecule has 1 aliphatic carbocycles. The molecule has 0 radical (unpaired) electrons. The number of rotatable bonds is 6. The summed E-state index contributed by atoms with van der Waals surface area (Å²) in [7, 11) is 7.55. The zero-order valence-electron chi connectivity index (χ0n) is 20.0. The van der Waals surface area contributed by atoms with Crippen LogP contribution in [0.4, 0.5) is 10.5 Å². The summed E-state index contributed by atoms with van der Waals surface area (Å²) in [6, 6.07) is 14.3. The molecule has 6 nitrogen and oxygen atoms in total. The van der Waals surface area contributed by atoms with Gasteiger partial charge in [0.2, 0.25) is 0 Å². The summed E-state index contributed by atoms with van der Waals surface area (Å²) >= 11 is 0. The van der Waals surface area contributed by atoms with E-state index in [1.807, 2.05) is 48.4 Å². The third-order valence-electron chi connectivity index (χ3n) is 7.38. The summed E-state index contributed by atoms with van der Waals surface area (Å²) < 4.78 is 5.57. The van der Waals surface area contributed by atoms with Gasteiger partial charge in [0.15, 0.2) is 0 Å². The molecule has 2 amide bonds. The van der Waals surface area contributed by atoms with E-state index in [1.54, 1.807) is 20.4 Å². The Morgan fingerprint density at radius 2 is 2.09 bits per heavy atom. The molecule has 2 aromatic carbocycles. The summed E-state index contributed by atoms with van der Waals surface area (Å²) in [5.41, 5.74) is 4.21. The number of hydrogen-bond acceptors (Lipinski definition) is 4. The first-order valence-corrected chi connectivity index (χ1v) is 11.5. The third-order valence-corrected chi connectivity index (χ3v) is 7.38. The molecule has 0 aromatic heterocycles. The number of aliphatic imine (C=N–C) groups is 1. The summed E-state index contributed by atoms with van der Waals surface area (Å²) in [5, 5.41) is 3.09. The highest BCUT2D eigenvalue weighted by Gasteiger charge is 2.54. The number of nitrogens with zero attached hydrogens (tertiary/aromatic N) is 3. The number of likely N-dealkylation sites (tertiary alicyclic amines) is 1. The molecule has 1 aliphatic heterocycles. The number of fused-ring (bicyclic) bond motifs is 4. The van der Waals surface area contributed by atoms with Crippen LogP contribution >= 0.6 is 0 Å². The molecule has 0 saturated carbocycles. The fourth-order valence-electron chi connectivity index (χ4n) is 5.77. The van der Waals surface area contributed by atoms with Crippen LogP contribution in [0.15, 0.2) is 60.1 Å². The third kappa shape index (κ3) is 4.15. The van der Waals surface area contributed by atoms with Gasteiger partial charge < -0.3 is 19.9 Å². The SMILES string of the molecule is C=CC[C@@]12CCN(C)C(Cc3ccc(OC)cc31)[C@@H]2N(C)C(=O)Nc1ccc(C=NC)cc1. The van der Waals surface area contributed by atoms with Crippen molar-refractivity contribution in [2.45, 2.75) is 36.8 Å². The van der Waals surface area contributed by atoms with E-state index in [-0.39, 0.29) is 23.5 Å². The van der Waals surface area contributed by atoms with Crippen molar-refractivity contribution in [1.82, 2.24) is 9.80 Å². The number of ether oxygens (including phenoxy) is 1. The predicted molar refractivity (Wildman–Crippen MR) is 135 cm³/mol. The zero-order valence-corrected chi connectivity index (χ0v) is 20.0. The van der Waals surface area contributed by atoms with Gasteiger partial charge in [0.25, 0.3) is 0 Å². The Hall–Kier alpha value is -3.12. The standard InChI is InChI=1S/C27H34N4O2/c1-6-13-27-14-15-30(3)24(16-20-9-12-22(33-5)17-23(20)27)25(27)31(4)26(32)29-21-10-7-19(8-11-21)18-28-2/h6-12,17-18,24-25H,1,13-16H2,2-5H3,(H,29,32)/t24?,25-,27+/m0/s1. The number of benzene rings is 2. The van der Waals surface area contributed by atoms with Crippen molar-refractivity contribution in [3.05, 3.63) is 71.8 Å². The van der Waals surface area contributed by atoms with Crippen molar-refractivity contribution >= 4 is 17.9 Å². The highest BCUT2D eigenvalue weighted by atomic mass is 16.5. The van der Waals surface area contributed by atoms with Crippen molar-refractivity contribution in [3.8, 4) is 5.75 Å². The number of piperidine rings is 1. The number of methoxy groups -OCH3 is 1. The zero-order chi connectivity index (χ0) is 23.6. The van der Waals surface area contributed by atoms with Crippen LogP contribution in [0.5, 0.6) is 5.75 Å². The van der Waals surface area contributed by atoms with E-state index in [2.05, 4.69) is 41.0 Å². The number of amides is 2. The second kappa shape index (κ2) is 9.40. The molecule has 1 fully saturated rings. The number of carbonyl (C=O) groups is 1. The minimum absolute atomic E-state index is 0.0142. The molecule has 1 heterocycles. The Balaban J connectivity index is 1.69. The number of nitrogens with one attached hydrogen (secondary N) is 1. The lowest BCUT2D eigenvalue weighted by molar-refractivity contribution is 0.0142. The Bertz CT molecular complexity index is 1050. The van der Waals surface area contributed by atoms with Gasteiger partial charge in [-0.15, -0.1) is 6.58 Å². The van der Waals surface area contributed by atoms with E-state index >= 15 is 0 Å². The van der Waals surface area contributed by atoms with Gasteiger partial charge in [-0.05, 0) is 73.8 Å². The second-order valence-corrected chi connectivity index (χ2v) is 9.17. The highest BCUT2D eigenvalue weighted by Crippen LogP contribution is 2.50. The van der Waals surface area contributed by atoms with E-state index in [4.69, 9.17) is 4.74 Å². The molecule has 1 N–H and O–H groups in total. The normalized spacial score (nSPS) is 24.2. The van der Waals surface area contributed by atoms with Gasteiger partial charge in [0.1, 0.15) is 5.75 Å². The number of allylic oxidation sites excluding steroid dienone is 1. The van der Waals surface area contributed by atoms with Crippen LogP contribution in [0.2, 0.25) is 0 Å². The summed E-state index contributed by atoms with van der Waals surface area (Å²) in [6.07, 6.45) is 6.47. The molecule has 33 heavy (non-hydrogen) atoms. The van der Waals surface area contributed by atoms with E-state index in [1.165, 1.54) is 11.1 Å². The number of urea groups is 1. The van der Waals surface area contributed by atoms with Gasteiger partial charge in [0, 0.05) is 37.5 Å². The number of carbonyl (C=O) groups excluding carboxylic acids is 1. The first-order valence-electron chi connectivity index (χ1n) is 11.5. The Labute approximate surface area is 197 Å². The molecular formula is C27H34N4O2. The lowest BCUT2D eigenvalue weighted by Crippen LogP contribution is -2.68. The van der Waals surface area contributed by atoms with Crippen LogP contribution in [-0.4, -0.2) is 68.9 Å². The predicted octanol–water partition coefficient (Wildman–Crippen LogP) is 4.35. The number of anilines is 1. The Morgan fingerprint density at radius 1 is 1.33 bits per heavy atom. The Kier molecular flexibility index (Phi) is 6.56. The van der Waals surface area contributed by atoms with E-state index in [0.29, 0.717) is 0 Å². The van der Waals surface area contributed by atoms with Gasteiger partial charge in [-0.25, -0.2) is 4.79 Å². The molecule has 0 spiro atoms. The van der Waals surface area contributed by atoms with Gasteiger partial charge in [-0.1, -0.05) is 24.3 Å². The molecule has 3 atom stereocenters. The second-order valence-electron chi connectivity index (χ2n) is 9.17. The van der Waals surface area contributed by atoms with Gasteiger partial charge in [-0.2, -0.15) is 0 Å². The summed E-state index contributed by atoms with van der Waals surface area (Å²) in [5.74, 6) is 0.858. The quantitative estimate of drug-likeness (QED) is 0.530. The van der Waals surface area contributed by atoms with Crippen LogP contribution in [0.1, 0.15) is 29.5 Å². The van der Waals surface area contributed by atoms with Crippen LogP contribution in [-0.2, 0) is 11.8 Å². The van der Waals surface area contributed by atoms with E-state index in [0.717, 1.165) is 42.8 Å². The van der Waals surface area contributed by atoms with Crippen LogP contribution in [0.25, 0.3) is 0 Å². The molecule has 1 saturated heterocycles. The van der Waals surface area contributed by atoms with Crippen molar-refractivity contribution in [2.75, 3.05) is 40.1 Å². The first kappa shape index (κ1) is 23.1. The molecule has 174 valence electrons. The molecular weight excluding hydrogens is 412 g/mol. The van der Waals surface area contributed by atoms with Crippen molar-refractivity contribution in [2.24, 2.45) is 4.99 Å². The number of likely N-dealkylation sites (N-methyl/N-ethyl adjacent to an activating group) is 2. The van der Waals surface area contributed by atoms with Crippen LogP contribution in [0.3, 0.4) is 0 Å². The molecule has 1 unspecified atom stereocenters. The average Bonchev–Trinajstić information content (AvgIpc) is 2.82. The fourth-order valence-corrected chi connectivity index (χ4v) is 5.77. The van der Waals surface area contributed by atoms with E-state index < -0.39 is 0 Å². The van der Waals surface area contributed by atoms with Crippen molar-refractivity contribution in [1.29, 1.82) is 0 Å². The maximum Gasteiger partial charge on any atom is 0.321 e. The van der Waals surface area contributed by atoms with Crippen molar-refractivity contribution in [3.63, 3.8) is 0 Å².